The second kappa shape index (κ2) is 9.32. The molecule has 1 atom stereocenters. The number of carbonyl (C=O) groups excluding carboxylic acids is 2. The third kappa shape index (κ3) is 4.99. The summed E-state index contributed by atoms with van der Waals surface area (Å²) >= 11 is 0. The van der Waals surface area contributed by atoms with Gasteiger partial charge in [-0.2, -0.15) is 0 Å². The standard InChI is InChI=1S/C22H26N2O5/c1-15(25)23-16-6-8-17(9-7-16)29-14-22(26)24-12-4-5-20(24)19-13-18(27-2)10-11-21(19)28-3/h6-11,13,20H,4-5,12,14H2,1-3H3,(H,23,25). The first-order valence-corrected chi connectivity index (χ1v) is 9.53. The molecule has 2 amide bonds. The van der Waals surface area contributed by atoms with Crippen molar-refractivity contribution in [1.82, 2.24) is 4.90 Å². The molecule has 1 fully saturated rings. The van der Waals surface area contributed by atoms with Gasteiger partial charge in [-0.05, 0) is 55.3 Å². The van der Waals surface area contributed by atoms with Gasteiger partial charge < -0.3 is 24.4 Å². The maximum Gasteiger partial charge on any atom is 0.261 e. The van der Waals surface area contributed by atoms with E-state index in [0.717, 1.165) is 29.9 Å². The Morgan fingerprint density at radius 1 is 1.07 bits per heavy atom. The van der Waals surface area contributed by atoms with E-state index >= 15 is 0 Å². The van der Waals surface area contributed by atoms with E-state index in [1.807, 2.05) is 23.1 Å². The molecule has 0 aliphatic carbocycles. The molecule has 0 aromatic heterocycles. The summed E-state index contributed by atoms with van der Waals surface area (Å²) in [6.07, 6.45) is 1.78. The quantitative estimate of drug-likeness (QED) is 0.773. The van der Waals surface area contributed by atoms with Crippen LogP contribution in [0.2, 0.25) is 0 Å². The van der Waals surface area contributed by atoms with E-state index in [4.69, 9.17) is 14.2 Å². The lowest BCUT2D eigenvalue weighted by Crippen LogP contribution is -2.34. The van der Waals surface area contributed by atoms with Gasteiger partial charge in [0.05, 0.1) is 20.3 Å². The summed E-state index contributed by atoms with van der Waals surface area (Å²) in [5.74, 6) is 1.83. The number of carbonyl (C=O) groups is 2. The van der Waals surface area contributed by atoms with E-state index < -0.39 is 0 Å². The Kier molecular flexibility index (Phi) is 6.59. The van der Waals surface area contributed by atoms with Gasteiger partial charge in [-0.25, -0.2) is 0 Å². The molecule has 29 heavy (non-hydrogen) atoms. The van der Waals surface area contributed by atoms with E-state index in [0.29, 0.717) is 18.0 Å². The normalized spacial score (nSPS) is 15.7. The molecule has 3 rings (SSSR count). The Labute approximate surface area is 170 Å². The van der Waals surface area contributed by atoms with Gasteiger partial charge in [-0.15, -0.1) is 0 Å². The number of hydrogen-bond donors (Lipinski definition) is 1. The van der Waals surface area contributed by atoms with Crippen molar-refractivity contribution in [2.24, 2.45) is 0 Å². The summed E-state index contributed by atoms with van der Waals surface area (Å²) in [6.45, 7) is 2.07. The highest BCUT2D eigenvalue weighted by atomic mass is 16.5. The number of rotatable bonds is 7. The maximum atomic E-state index is 12.8. The molecule has 7 heteroatoms. The van der Waals surface area contributed by atoms with Crippen LogP contribution in [0.15, 0.2) is 42.5 Å². The van der Waals surface area contributed by atoms with Crippen LogP contribution in [-0.4, -0.2) is 44.1 Å². The fourth-order valence-corrected chi connectivity index (χ4v) is 3.55. The van der Waals surface area contributed by atoms with E-state index in [2.05, 4.69) is 5.32 Å². The molecule has 2 aromatic rings. The second-order valence-corrected chi connectivity index (χ2v) is 6.85. The number of benzene rings is 2. The monoisotopic (exact) mass is 398 g/mol. The minimum Gasteiger partial charge on any atom is -0.497 e. The van der Waals surface area contributed by atoms with Crippen LogP contribution in [0.3, 0.4) is 0 Å². The minimum absolute atomic E-state index is 0.0533. The largest absolute Gasteiger partial charge is 0.497 e. The number of nitrogens with one attached hydrogen (secondary N) is 1. The van der Waals surface area contributed by atoms with Crippen LogP contribution in [0.1, 0.15) is 31.4 Å². The van der Waals surface area contributed by atoms with Crippen LogP contribution in [0, 0.1) is 0 Å². The Morgan fingerprint density at radius 3 is 2.45 bits per heavy atom. The Hall–Kier alpha value is -3.22. The fraction of sp³-hybridized carbons (Fsp3) is 0.364. The van der Waals surface area contributed by atoms with Gasteiger partial charge in [0, 0.05) is 24.7 Å². The Bertz CT molecular complexity index is 866. The fourth-order valence-electron chi connectivity index (χ4n) is 3.55. The van der Waals surface area contributed by atoms with E-state index in [1.54, 1.807) is 38.5 Å². The number of methoxy groups -OCH3 is 2. The van der Waals surface area contributed by atoms with Crippen molar-refractivity contribution in [3.8, 4) is 17.2 Å². The lowest BCUT2D eigenvalue weighted by Gasteiger charge is -2.26. The SMILES string of the molecule is COc1ccc(OC)c(C2CCCN2C(=O)COc2ccc(NC(C)=O)cc2)c1. The van der Waals surface area contributed by atoms with E-state index in [1.165, 1.54) is 6.92 Å². The minimum atomic E-state index is -0.137. The summed E-state index contributed by atoms with van der Waals surface area (Å²) in [5, 5.41) is 2.69. The maximum absolute atomic E-state index is 12.8. The van der Waals surface area contributed by atoms with Crippen LogP contribution in [-0.2, 0) is 9.59 Å². The lowest BCUT2D eigenvalue weighted by molar-refractivity contribution is -0.134. The van der Waals surface area contributed by atoms with Crippen molar-refractivity contribution in [2.45, 2.75) is 25.8 Å². The lowest BCUT2D eigenvalue weighted by atomic mass is 10.0. The Balaban J connectivity index is 1.67. The van der Waals surface area contributed by atoms with Crippen LogP contribution >= 0.6 is 0 Å². The molecule has 0 radical (unpaired) electrons. The highest BCUT2D eigenvalue weighted by molar-refractivity contribution is 5.88. The average molecular weight is 398 g/mol. The van der Waals surface area contributed by atoms with Gasteiger partial charge in [-0.1, -0.05) is 0 Å². The van der Waals surface area contributed by atoms with Crippen LogP contribution in [0.5, 0.6) is 17.2 Å². The highest BCUT2D eigenvalue weighted by Crippen LogP contribution is 2.39. The average Bonchev–Trinajstić information content (AvgIpc) is 3.22. The first-order chi connectivity index (χ1) is 14.0. The zero-order valence-electron chi connectivity index (χ0n) is 16.9. The summed E-state index contributed by atoms with van der Waals surface area (Å²) in [6, 6.07) is 12.5. The molecule has 1 aliphatic rings. The zero-order valence-corrected chi connectivity index (χ0v) is 16.9. The first-order valence-electron chi connectivity index (χ1n) is 9.53. The molecule has 1 aliphatic heterocycles. The van der Waals surface area contributed by atoms with Crippen molar-refractivity contribution in [3.05, 3.63) is 48.0 Å². The predicted octanol–water partition coefficient (Wildman–Crippen LogP) is 3.40. The molecule has 0 saturated carbocycles. The van der Waals surface area contributed by atoms with E-state index in [9.17, 15) is 9.59 Å². The van der Waals surface area contributed by atoms with Crippen molar-refractivity contribution in [3.63, 3.8) is 0 Å². The first kappa shape index (κ1) is 20.5. The number of nitrogens with zero attached hydrogens (tertiary/aromatic N) is 1. The van der Waals surface area contributed by atoms with Crippen LogP contribution in [0.25, 0.3) is 0 Å². The molecular weight excluding hydrogens is 372 g/mol. The predicted molar refractivity (Wildman–Crippen MR) is 109 cm³/mol. The van der Waals surface area contributed by atoms with Crippen LogP contribution in [0.4, 0.5) is 5.69 Å². The van der Waals surface area contributed by atoms with Crippen molar-refractivity contribution < 1.29 is 23.8 Å². The molecule has 1 heterocycles. The smallest absolute Gasteiger partial charge is 0.261 e. The van der Waals surface area contributed by atoms with E-state index in [-0.39, 0.29) is 24.5 Å². The molecule has 1 saturated heterocycles. The molecule has 0 bridgehead atoms. The van der Waals surface area contributed by atoms with Crippen molar-refractivity contribution in [2.75, 3.05) is 32.7 Å². The van der Waals surface area contributed by atoms with Crippen molar-refractivity contribution in [1.29, 1.82) is 0 Å². The third-order valence-electron chi connectivity index (χ3n) is 4.91. The summed E-state index contributed by atoms with van der Waals surface area (Å²) < 4.78 is 16.5. The van der Waals surface area contributed by atoms with Crippen molar-refractivity contribution >= 4 is 17.5 Å². The number of anilines is 1. The second-order valence-electron chi connectivity index (χ2n) is 6.85. The molecular formula is C22H26N2O5. The molecule has 7 nitrogen and oxygen atoms in total. The third-order valence-corrected chi connectivity index (χ3v) is 4.91. The number of likely N-dealkylation sites (tertiary alicyclic amines) is 1. The number of amides is 2. The number of ether oxygens (including phenoxy) is 3. The highest BCUT2D eigenvalue weighted by Gasteiger charge is 2.32. The zero-order chi connectivity index (χ0) is 20.8. The van der Waals surface area contributed by atoms with Crippen LogP contribution < -0.4 is 19.5 Å². The number of hydrogen-bond acceptors (Lipinski definition) is 5. The molecule has 154 valence electrons. The molecule has 1 N–H and O–H groups in total. The summed E-state index contributed by atoms with van der Waals surface area (Å²) in [4.78, 5) is 25.8. The summed E-state index contributed by atoms with van der Waals surface area (Å²) in [5.41, 5.74) is 1.62. The van der Waals surface area contributed by atoms with Gasteiger partial charge >= 0.3 is 0 Å². The van der Waals surface area contributed by atoms with Gasteiger partial charge in [0.1, 0.15) is 17.2 Å². The molecule has 1 unspecified atom stereocenters. The van der Waals surface area contributed by atoms with Gasteiger partial charge in [-0.3, -0.25) is 9.59 Å². The molecule has 2 aromatic carbocycles. The van der Waals surface area contributed by atoms with Gasteiger partial charge in [0.2, 0.25) is 5.91 Å². The summed E-state index contributed by atoms with van der Waals surface area (Å²) in [7, 11) is 3.24. The Morgan fingerprint density at radius 2 is 1.79 bits per heavy atom. The topological polar surface area (TPSA) is 77.1 Å². The molecule has 0 spiro atoms. The van der Waals surface area contributed by atoms with Gasteiger partial charge in [0.15, 0.2) is 6.61 Å². The van der Waals surface area contributed by atoms with Gasteiger partial charge in [0.25, 0.3) is 5.91 Å².